The minimum absolute atomic E-state index is 0.0182. The Morgan fingerprint density at radius 3 is 1.91 bits per heavy atom. The summed E-state index contributed by atoms with van der Waals surface area (Å²) in [6, 6.07) is 6.81. The highest BCUT2D eigenvalue weighted by Gasteiger charge is 2.34. The van der Waals surface area contributed by atoms with E-state index in [4.69, 9.17) is 18.9 Å². The smallest absolute Gasteiger partial charge is 0.308 e. The standard InChI is InChI=1S/C24H35NO7/c1-3-5-8-19(4-2)24(28)32-18-17-31-16-15-30-14-13-29-12-11-25-22(26)20-9-6-7-10-21(20)23(25)27/h6-7,9-10,19H,3-5,8,11-18H2,1-2H3. The number of amides is 2. The van der Waals surface area contributed by atoms with Crippen molar-refractivity contribution in [2.75, 3.05) is 52.8 Å². The Bertz CT molecular complexity index is 702. The van der Waals surface area contributed by atoms with Crippen LogP contribution < -0.4 is 0 Å². The normalized spacial score (nSPS) is 14.0. The van der Waals surface area contributed by atoms with Gasteiger partial charge in [0, 0.05) is 0 Å². The van der Waals surface area contributed by atoms with E-state index in [0.717, 1.165) is 25.7 Å². The van der Waals surface area contributed by atoms with Crippen molar-refractivity contribution < 1.29 is 33.3 Å². The molecule has 1 aliphatic rings. The van der Waals surface area contributed by atoms with E-state index < -0.39 is 0 Å². The summed E-state index contributed by atoms with van der Waals surface area (Å²) in [5.74, 6) is -0.714. The van der Waals surface area contributed by atoms with Gasteiger partial charge in [0.15, 0.2) is 0 Å². The first-order chi connectivity index (χ1) is 15.6. The van der Waals surface area contributed by atoms with Gasteiger partial charge < -0.3 is 18.9 Å². The van der Waals surface area contributed by atoms with Gasteiger partial charge in [-0.05, 0) is 25.0 Å². The molecule has 0 spiro atoms. The van der Waals surface area contributed by atoms with E-state index in [0.29, 0.717) is 44.2 Å². The second-order valence-electron chi connectivity index (χ2n) is 7.56. The van der Waals surface area contributed by atoms with Crippen LogP contribution in [0.2, 0.25) is 0 Å². The van der Waals surface area contributed by atoms with Crippen LogP contribution in [0.5, 0.6) is 0 Å². The van der Waals surface area contributed by atoms with Gasteiger partial charge in [-0.2, -0.15) is 0 Å². The predicted octanol–water partition coefficient (Wildman–Crippen LogP) is 3.09. The Balaban J connectivity index is 1.42. The summed E-state index contributed by atoms with van der Waals surface area (Å²) in [5.41, 5.74) is 0.884. The molecule has 8 heteroatoms. The van der Waals surface area contributed by atoms with Gasteiger partial charge >= 0.3 is 5.97 Å². The van der Waals surface area contributed by atoms with E-state index in [1.165, 1.54) is 4.90 Å². The highest BCUT2D eigenvalue weighted by atomic mass is 16.6. The zero-order valence-corrected chi connectivity index (χ0v) is 19.2. The van der Waals surface area contributed by atoms with Gasteiger partial charge in [-0.1, -0.05) is 38.8 Å². The van der Waals surface area contributed by atoms with Crippen molar-refractivity contribution in [3.63, 3.8) is 0 Å². The lowest BCUT2D eigenvalue weighted by Crippen LogP contribution is -2.33. The van der Waals surface area contributed by atoms with Gasteiger partial charge in [-0.15, -0.1) is 0 Å². The van der Waals surface area contributed by atoms with Crippen LogP contribution in [0.3, 0.4) is 0 Å². The molecule has 1 aliphatic heterocycles. The molecular weight excluding hydrogens is 414 g/mol. The zero-order chi connectivity index (χ0) is 23.2. The number of hydrogen-bond donors (Lipinski definition) is 0. The van der Waals surface area contributed by atoms with Gasteiger partial charge in [0.05, 0.1) is 63.2 Å². The Labute approximate surface area is 190 Å². The molecule has 1 aromatic carbocycles. The van der Waals surface area contributed by atoms with E-state index in [1.807, 2.05) is 6.92 Å². The molecule has 32 heavy (non-hydrogen) atoms. The number of rotatable bonds is 17. The van der Waals surface area contributed by atoms with Crippen molar-refractivity contribution in [3.05, 3.63) is 35.4 Å². The molecule has 1 atom stereocenters. The minimum atomic E-state index is -0.278. The number of benzene rings is 1. The van der Waals surface area contributed by atoms with Crippen LogP contribution in [0.15, 0.2) is 24.3 Å². The first-order valence-electron chi connectivity index (χ1n) is 11.4. The zero-order valence-electron chi connectivity index (χ0n) is 19.2. The van der Waals surface area contributed by atoms with Crippen LogP contribution in [-0.4, -0.2) is 75.5 Å². The summed E-state index contributed by atoms with van der Waals surface area (Å²) in [6.45, 7) is 6.73. The summed E-state index contributed by atoms with van der Waals surface area (Å²) < 4.78 is 21.5. The van der Waals surface area contributed by atoms with Gasteiger partial charge in [0.2, 0.25) is 0 Å². The lowest BCUT2D eigenvalue weighted by molar-refractivity contribution is -0.150. The monoisotopic (exact) mass is 449 g/mol. The largest absolute Gasteiger partial charge is 0.463 e. The quantitative estimate of drug-likeness (QED) is 0.205. The third kappa shape index (κ3) is 8.00. The van der Waals surface area contributed by atoms with Crippen LogP contribution >= 0.6 is 0 Å². The lowest BCUT2D eigenvalue weighted by atomic mass is 10.00. The maximum absolute atomic E-state index is 12.2. The van der Waals surface area contributed by atoms with Crippen molar-refractivity contribution in [2.24, 2.45) is 5.92 Å². The average molecular weight is 450 g/mol. The van der Waals surface area contributed by atoms with Crippen molar-refractivity contribution in [2.45, 2.75) is 39.5 Å². The molecule has 1 aromatic rings. The number of fused-ring (bicyclic) bond motifs is 1. The third-order valence-electron chi connectivity index (χ3n) is 5.29. The molecule has 1 unspecified atom stereocenters. The van der Waals surface area contributed by atoms with Crippen molar-refractivity contribution in [1.82, 2.24) is 4.90 Å². The Hall–Kier alpha value is -2.29. The average Bonchev–Trinajstić information content (AvgIpc) is 3.05. The number of ether oxygens (including phenoxy) is 4. The van der Waals surface area contributed by atoms with Crippen LogP contribution in [0.25, 0.3) is 0 Å². The van der Waals surface area contributed by atoms with E-state index in [1.54, 1.807) is 24.3 Å². The van der Waals surface area contributed by atoms with Gasteiger partial charge in [0.25, 0.3) is 11.8 Å². The molecule has 2 rings (SSSR count). The molecule has 0 N–H and O–H groups in total. The fourth-order valence-corrected chi connectivity index (χ4v) is 3.40. The number of nitrogens with zero attached hydrogens (tertiary/aromatic N) is 1. The topological polar surface area (TPSA) is 91.4 Å². The Kier molecular flexibility index (Phi) is 11.9. The summed E-state index contributed by atoms with van der Waals surface area (Å²) in [7, 11) is 0. The summed E-state index contributed by atoms with van der Waals surface area (Å²) in [4.78, 5) is 37.6. The number of imide groups is 1. The van der Waals surface area contributed by atoms with Crippen LogP contribution in [0, 0.1) is 5.92 Å². The molecule has 0 aliphatic carbocycles. The predicted molar refractivity (Wildman–Crippen MR) is 119 cm³/mol. The fraction of sp³-hybridized carbons (Fsp3) is 0.625. The first kappa shape index (κ1) is 26.0. The molecule has 1 heterocycles. The van der Waals surface area contributed by atoms with Crippen molar-refractivity contribution >= 4 is 17.8 Å². The van der Waals surface area contributed by atoms with Gasteiger partial charge in [-0.25, -0.2) is 0 Å². The molecule has 0 saturated carbocycles. The van der Waals surface area contributed by atoms with Crippen molar-refractivity contribution in [3.8, 4) is 0 Å². The molecule has 178 valence electrons. The highest BCUT2D eigenvalue weighted by molar-refractivity contribution is 6.21. The number of esters is 1. The first-order valence-corrected chi connectivity index (χ1v) is 11.4. The highest BCUT2D eigenvalue weighted by Crippen LogP contribution is 2.21. The number of carbonyl (C=O) groups excluding carboxylic acids is 3. The minimum Gasteiger partial charge on any atom is -0.463 e. The van der Waals surface area contributed by atoms with Crippen LogP contribution in [0.1, 0.15) is 60.2 Å². The number of hydrogen-bond acceptors (Lipinski definition) is 7. The van der Waals surface area contributed by atoms with E-state index in [-0.39, 0.29) is 43.5 Å². The number of unbranched alkanes of at least 4 members (excludes halogenated alkanes) is 1. The Morgan fingerprint density at radius 2 is 1.38 bits per heavy atom. The molecule has 0 radical (unpaired) electrons. The van der Waals surface area contributed by atoms with Crippen LogP contribution in [0.4, 0.5) is 0 Å². The van der Waals surface area contributed by atoms with E-state index in [2.05, 4.69) is 6.92 Å². The molecular formula is C24H35NO7. The molecule has 0 saturated heterocycles. The third-order valence-corrected chi connectivity index (χ3v) is 5.29. The fourth-order valence-electron chi connectivity index (χ4n) is 3.40. The molecule has 0 fully saturated rings. The van der Waals surface area contributed by atoms with E-state index in [9.17, 15) is 14.4 Å². The number of carbonyl (C=O) groups is 3. The maximum atomic E-state index is 12.2. The Morgan fingerprint density at radius 1 is 0.844 bits per heavy atom. The lowest BCUT2D eigenvalue weighted by Gasteiger charge is -2.14. The van der Waals surface area contributed by atoms with E-state index >= 15 is 0 Å². The summed E-state index contributed by atoms with van der Waals surface area (Å²) in [5, 5.41) is 0. The van der Waals surface area contributed by atoms with Gasteiger partial charge in [0.1, 0.15) is 6.61 Å². The second kappa shape index (κ2) is 14.7. The second-order valence-corrected chi connectivity index (χ2v) is 7.56. The molecule has 2 amide bonds. The molecule has 0 bridgehead atoms. The molecule has 0 aromatic heterocycles. The summed E-state index contributed by atoms with van der Waals surface area (Å²) in [6.07, 6.45) is 3.78. The van der Waals surface area contributed by atoms with Crippen molar-refractivity contribution in [1.29, 1.82) is 0 Å². The SMILES string of the molecule is CCCCC(CC)C(=O)OCCOCCOCCOCCN1C(=O)c2ccccc2C1=O. The van der Waals surface area contributed by atoms with Crippen LogP contribution in [-0.2, 0) is 23.7 Å². The maximum Gasteiger partial charge on any atom is 0.308 e. The summed E-state index contributed by atoms with van der Waals surface area (Å²) >= 11 is 0. The van der Waals surface area contributed by atoms with Gasteiger partial charge in [-0.3, -0.25) is 19.3 Å². The molecule has 8 nitrogen and oxygen atoms in total.